The average molecular weight is 225 g/mol. The Morgan fingerprint density at radius 3 is 2.53 bits per heavy atom. The third kappa shape index (κ3) is 5.47. The molecule has 0 amide bonds. The monoisotopic (exact) mass is 225 g/mol. The van der Waals surface area contributed by atoms with E-state index in [-0.39, 0.29) is 5.41 Å². The van der Waals surface area contributed by atoms with Crippen molar-refractivity contribution in [1.29, 1.82) is 5.26 Å². The van der Waals surface area contributed by atoms with Gasteiger partial charge in [0.15, 0.2) is 0 Å². The summed E-state index contributed by atoms with van der Waals surface area (Å²) in [4.78, 5) is 0. The van der Waals surface area contributed by atoms with Crippen LogP contribution in [0.25, 0.3) is 0 Å². The lowest BCUT2D eigenvalue weighted by Gasteiger charge is -2.21. The van der Waals surface area contributed by atoms with Gasteiger partial charge in [0.25, 0.3) is 0 Å². The Balaban J connectivity index is 2.04. The zero-order valence-electron chi connectivity index (χ0n) is 10.1. The molecule has 15 heavy (non-hydrogen) atoms. The SMILES string of the molecule is CC(C)(C#N)CCCSC1CCCCC1. The van der Waals surface area contributed by atoms with Crippen LogP contribution in [0.15, 0.2) is 0 Å². The molecular formula is C13H23NS. The van der Waals surface area contributed by atoms with Gasteiger partial charge in [-0.15, -0.1) is 0 Å². The predicted molar refractivity (Wildman–Crippen MR) is 68.0 cm³/mol. The van der Waals surface area contributed by atoms with E-state index in [0.29, 0.717) is 0 Å². The summed E-state index contributed by atoms with van der Waals surface area (Å²) in [5.41, 5.74) is -0.118. The average Bonchev–Trinajstić information content (AvgIpc) is 2.26. The molecule has 0 saturated heterocycles. The summed E-state index contributed by atoms with van der Waals surface area (Å²) in [5.74, 6) is 1.25. The molecule has 86 valence electrons. The summed E-state index contributed by atoms with van der Waals surface area (Å²) in [6.07, 6.45) is 9.39. The lowest BCUT2D eigenvalue weighted by Crippen LogP contribution is -2.11. The summed E-state index contributed by atoms with van der Waals surface area (Å²) in [5, 5.41) is 9.81. The number of thioether (sulfide) groups is 1. The van der Waals surface area contributed by atoms with Crippen LogP contribution >= 0.6 is 11.8 Å². The maximum atomic E-state index is 8.89. The van der Waals surface area contributed by atoms with E-state index in [4.69, 9.17) is 5.26 Å². The van der Waals surface area contributed by atoms with Crippen molar-refractivity contribution in [3.05, 3.63) is 0 Å². The number of nitriles is 1. The van der Waals surface area contributed by atoms with Crippen molar-refractivity contribution in [3.63, 3.8) is 0 Å². The van der Waals surface area contributed by atoms with Gasteiger partial charge in [-0.2, -0.15) is 17.0 Å². The van der Waals surface area contributed by atoms with Crippen LogP contribution in [0.1, 0.15) is 58.8 Å². The van der Waals surface area contributed by atoms with Gasteiger partial charge in [-0.25, -0.2) is 0 Å². The van der Waals surface area contributed by atoms with Crippen molar-refractivity contribution < 1.29 is 0 Å². The lowest BCUT2D eigenvalue weighted by atomic mass is 9.90. The van der Waals surface area contributed by atoms with Crippen LogP contribution in [0.2, 0.25) is 0 Å². The minimum absolute atomic E-state index is 0.118. The van der Waals surface area contributed by atoms with Crippen LogP contribution in [0.4, 0.5) is 0 Å². The minimum Gasteiger partial charge on any atom is -0.198 e. The van der Waals surface area contributed by atoms with E-state index in [0.717, 1.165) is 11.7 Å². The molecule has 0 aromatic carbocycles. The second-order valence-electron chi connectivity index (χ2n) is 5.23. The van der Waals surface area contributed by atoms with Gasteiger partial charge in [-0.1, -0.05) is 19.3 Å². The van der Waals surface area contributed by atoms with E-state index in [1.54, 1.807) is 0 Å². The molecule has 1 aliphatic rings. The van der Waals surface area contributed by atoms with Crippen molar-refractivity contribution in [1.82, 2.24) is 0 Å². The molecule has 0 aromatic rings. The number of nitrogens with zero attached hydrogens (tertiary/aromatic N) is 1. The summed E-state index contributed by atoms with van der Waals surface area (Å²) in [7, 11) is 0. The second-order valence-corrected chi connectivity index (χ2v) is 6.64. The number of hydrogen-bond donors (Lipinski definition) is 0. The van der Waals surface area contributed by atoms with Crippen molar-refractivity contribution >= 4 is 11.8 Å². The second kappa shape index (κ2) is 6.43. The molecule has 1 fully saturated rings. The van der Waals surface area contributed by atoms with Gasteiger partial charge in [-0.05, 0) is 45.3 Å². The van der Waals surface area contributed by atoms with E-state index in [1.807, 2.05) is 13.8 Å². The third-order valence-electron chi connectivity index (χ3n) is 3.15. The zero-order valence-corrected chi connectivity index (χ0v) is 10.9. The first-order valence-corrected chi connectivity index (χ1v) is 7.22. The number of hydrogen-bond acceptors (Lipinski definition) is 2. The smallest absolute Gasteiger partial charge is 0.0683 e. The first-order valence-electron chi connectivity index (χ1n) is 6.17. The highest BCUT2D eigenvalue weighted by Gasteiger charge is 2.17. The van der Waals surface area contributed by atoms with Crippen LogP contribution in [0.5, 0.6) is 0 Å². The Kier molecular flexibility index (Phi) is 5.53. The molecule has 0 atom stereocenters. The molecule has 0 heterocycles. The summed E-state index contributed by atoms with van der Waals surface area (Å²) in [6, 6.07) is 2.37. The quantitative estimate of drug-likeness (QED) is 0.648. The molecule has 0 spiro atoms. The predicted octanol–water partition coefficient (Wildman–Crippen LogP) is 4.38. The van der Waals surface area contributed by atoms with E-state index in [9.17, 15) is 0 Å². The van der Waals surface area contributed by atoms with Crippen molar-refractivity contribution in [3.8, 4) is 6.07 Å². The standard InChI is InChI=1S/C13H23NS/c1-13(2,11-14)9-6-10-15-12-7-4-3-5-8-12/h12H,3-10H2,1-2H3. The van der Waals surface area contributed by atoms with E-state index >= 15 is 0 Å². The molecular weight excluding hydrogens is 202 g/mol. The van der Waals surface area contributed by atoms with Crippen LogP contribution in [-0.4, -0.2) is 11.0 Å². The van der Waals surface area contributed by atoms with Gasteiger partial charge in [0.05, 0.1) is 11.5 Å². The molecule has 0 aromatic heterocycles. The Morgan fingerprint density at radius 2 is 1.93 bits per heavy atom. The molecule has 0 aliphatic heterocycles. The van der Waals surface area contributed by atoms with Gasteiger partial charge in [-0.3, -0.25) is 0 Å². The van der Waals surface area contributed by atoms with Crippen molar-refractivity contribution in [2.24, 2.45) is 5.41 Å². The lowest BCUT2D eigenvalue weighted by molar-refractivity contribution is 0.447. The minimum atomic E-state index is -0.118. The van der Waals surface area contributed by atoms with Crippen LogP contribution in [0.3, 0.4) is 0 Å². The molecule has 1 rings (SSSR count). The molecule has 0 radical (unpaired) electrons. The van der Waals surface area contributed by atoms with Crippen molar-refractivity contribution in [2.45, 2.75) is 64.0 Å². The maximum absolute atomic E-state index is 8.89. The molecule has 0 bridgehead atoms. The highest BCUT2D eigenvalue weighted by molar-refractivity contribution is 7.99. The first-order chi connectivity index (χ1) is 7.14. The van der Waals surface area contributed by atoms with Crippen LogP contribution in [-0.2, 0) is 0 Å². The van der Waals surface area contributed by atoms with Gasteiger partial charge in [0.1, 0.15) is 0 Å². The van der Waals surface area contributed by atoms with E-state index < -0.39 is 0 Å². The largest absolute Gasteiger partial charge is 0.198 e. The molecule has 1 aliphatic carbocycles. The fourth-order valence-corrected chi connectivity index (χ4v) is 3.36. The Hall–Kier alpha value is -0.160. The highest BCUT2D eigenvalue weighted by atomic mass is 32.2. The van der Waals surface area contributed by atoms with E-state index in [2.05, 4.69) is 17.8 Å². The summed E-state index contributed by atoms with van der Waals surface area (Å²) >= 11 is 2.14. The van der Waals surface area contributed by atoms with Gasteiger partial charge in [0, 0.05) is 5.25 Å². The fourth-order valence-electron chi connectivity index (χ4n) is 2.05. The molecule has 0 N–H and O–H groups in total. The maximum Gasteiger partial charge on any atom is 0.0683 e. The Bertz CT molecular complexity index is 211. The molecule has 0 unspecified atom stereocenters. The summed E-state index contributed by atoms with van der Waals surface area (Å²) in [6.45, 7) is 4.08. The molecule has 2 heteroatoms. The zero-order chi connectivity index (χ0) is 11.1. The third-order valence-corrected chi connectivity index (χ3v) is 4.62. The Morgan fingerprint density at radius 1 is 1.27 bits per heavy atom. The fraction of sp³-hybridized carbons (Fsp3) is 0.923. The normalized spacial score (nSPS) is 18.7. The van der Waals surface area contributed by atoms with Gasteiger partial charge >= 0.3 is 0 Å². The van der Waals surface area contributed by atoms with E-state index in [1.165, 1.54) is 44.3 Å². The first kappa shape index (κ1) is 12.9. The van der Waals surface area contributed by atoms with Crippen LogP contribution in [0, 0.1) is 16.7 Å². The number of rotatable bonds is 5. The van der Waals surface area contributed by atoms with Gasteiger partial charge in [0.2, 0.25) is 0 Å². The molecule has 1 saturated carbocycles. The molecule has 1 nitrogen and oxygen atoms in total. The van der Waals surface area contributed by atoms with Gasteiger partial charge < -0.3 is 0 Å². The van der Waals surface area contributed by atoms with Crippen molar-refractivity contribution in [2.75, 3.05) is 5.75 Å². The highest BCUT2D eigenvalue weighted by Crippen LogP contribution is 2.30. The Labute approximate surface area is 98.6 Å². The van der Waals surface area contributed by atoms with Crippen LogP contribution < -0.4 is 0 Å². The summed E-state index contributed by atoms with van der Waals surface area (Å²) < 4.78 is 0. The topological polar surface area (TPSA) is 23.8 Å².